The summed E-state index contributed by atoms with van der Waals surface area (Å²) in [6, 6.07) is 5.87. The summed E-state index contributed by atoms with van der Waals surface area (Å²) in [7, 11) is 0. The van der Waals surface area contributed by atoms with E-state index in [0.29, 0.717) is 5.75 Å². The number of hydrogen-bond acceptors (Lipinski definition) is 7. The minimum atomic E-state index is 0.0517. The van der Waals surface area contributed by atoms with Crippen LogP contribution in [0.2, 0.25) is 0 Å². The predicted molar refractivity (Wildman–Crippen MR) is 75.1 cm³/mol. The number of hydrogen-bond donors (Lipinski definition) is 1. The molecule has 0 radical (unpaired) electrons. The van der Waals surface area contributed by atoms with Crippen molar-refractivity contribution >= 4 is 5.95 Å². The molecule has 3 rings (SSSR count). The fraction of sp³-hybridized carbons (Fsp3) is 0.154. The molecule has 21 heavy (non-hydrogen) atoms. The highest BCUT2D eigenvalue weighted by Gasteiger charge is 2.10. The van der Waals surface area contributed by atoms with Gasteiger partial charge in [0.05, 0.1) is 0 Å². The minimum Gasteiger partial charge on any atom is -0.424 e. The molecule has 106 valence electrons. The Kier molecular flexibility index (Phi) is 3.19. The van der Waals surface area contributed by atoms with Crippen molar-refractivity contribution in [2.24, 2.45) is 0 Å². The molecule has 0 saturated heterocycles. The normalized spacial score (nSPS) is 10.6. The molecule has 3 aromatic rings. The molecule has 2 aromatic heterocycles. The highest BCUT2D eigenvalue weighted by Crippen LogP contribution is 2.25. The Labute approximate surface area is 120 Å². The van der Waals surface area contributed by atoms with Gasteiger partial charge in [-0.15, -0.1) is 0 Å². The minimum absolute atomic E-state index is 0.0517. The number of aromatic nitrogens is 6. The van der Waals surface area contributed by atoms with Gasteiger partial charge in [-0.25, -0.2) is 4.98 Å². The molecule has 1 aromatic carbocycles. The molecule has 0 unspecified atom stereocenters. The van der Waals surface area contributed by atoms with Gasteiger partial charge >= 0.3 is 6.01 Å². The van der Waals surface area contributed by atoms with Crippen molar-refractivity contribution in [1.82, 2.24) is 29.7 Å². The van der Waals surface area contributed by atoms with Gasteiger partial charge in [0.25, 0.3) is 5.95 Å². The van der Waals surface area contributed by atoms with Crippen molar-refractivity contribution in [2.45, 2.75) is 13.8 Å². The van der Waals surface area contributed by atoms with Gasteiger partial charge in [-0.1, -0.05) is 12.1 Å². The summed E-state index contributed by atoms with van der Waals surface area (Å²) in [4.78, 5) is 16.0. The van der Waals surface area contributed by atoms with E-state index in [1.807, 2.05) is 32.0 Å². The van der Waals surface area contributed by atoms with Crippen molar-refractivity contribution in [2.75, 3.05) is 5.73 Å². The number of nitrogen functional groups attached to an aromatic ring is 1. The van der Waals surface area contributed by atoms with Crippen LogP contribution < -0.4 is 10.5 Å². The van der Waals surface area contributed by atoms with E-state index in [2.05, 4.69) is 25.0 Å². The number of ether oxygens (including phenoxy) is 1. The Bertz CT molecular complexity index is 770. The average Bonchev–Trinajstić information content (AvgIpc) is 2.97. The summed E-state index contributed by atoms with van der Waals surface area (Å²) in [6.45, 7) is 3.97. The number of nitrogens with zero attached hydrogens (tertiary/aromatic N) is 6. The molecule has 8 nitrogen and oxygen atoms in total. The second-order valence-corrected chi connectivity index (χ2v) is 4.42. The van der Waals surface area contributed by atoms with Crippen LogP contribution in [-0.4, -0.2) is 29.7 Å². The molecular weight excluding hydrogens is 270 g/mol. The quantitative estimate of drug-likeness (QED) is 0.775. The first-order valence-corrected chi connectivity index (χ1v) is 6.24. The SMILES string of the molecule is Cc1cccc(Oc2nc(N)nc(-n3cncn3)n2)c1C. The molecule has 2 N–H and O–H groups in total. The fourth-order valence-electron chi connectivity index (χ4n) is 1.75. The highest BCUT2D eigenvalue weighted by molar-refractivity contribution is 5.40. The second-order valence-electron chi connectivity index (χ2n) is 4.42. The molecule has 0 spiro atoms. The zero-order valence-corrected chi connectivity index (χ0v) is 11.6. The topological polar surface area (TPSA) is 105 Å². The molecule has 8 heteroatoms. The predicted octanol–water partition coefficient (Wildman–Crippen LogP) is 1.44. The van der Waals surface area contributed by atoms with E-state index in [-0.39, 0.29) is 17.9 Å². The zero-order chi connectivity index (χ0) is 14.8. The molecule has 0 aliphatic rings. The van der Waals surface area contributed by atoms with Gasteiger partial charge in [-0.05, 0) is 31.0 Å². The molecule has 0 fully saturated rings. The summed E-state index contributed by atoms with van der Waals surface area (Å²) in [5.74, 6) is 0.973. The van der Waals surface area contributed by atoms with Gasteiger partial charge in [-0.3, -0.25) is 0 Å². The molecule has 0 amide bonds. The third-order valence-corrected chi connectivity index (χ3v) is 3.00. The zero-order valence-electron chi connectivity index (χ0n) is 11.6. The lowest BCUT2D eigenvalue weighted by Crippen LogP contribution is -2.08. The van der Waals surface area contributed by atoms with E-state index >= 15 is 0 Å². The summed E-state index contributed by atoms with van der Waals surface area (Å²) in [5, 5.41) is 3.95. The smallest absolute Gasteiger partial charge is 0.328 e. The van der Waals surface area contributed by atoms with Crippen LogP contribution in [0.15, 0.2) is 30.9 Å². The van der Waals surface area contributed by atoms with Crippen LogP contribution in [0, 0.1) is 13.8 Å². The van der Waals surface area contributed by atoms with Crippen LogP contribution in [0.25, 0.3) is 5.95 Å². The number of rotatable bonds is 3. The summed E-state index contributed by atoms with van der Waals surface area (Å²) in [6.07, 6.45) is 2.85. The molecule has 2 heterocycles. The Hall–Kier alpha value is -3.03. The van der Waals surface area contributed by atoms with Crippen LogP contribution in [0.3, 0.4) is 0 Å². The lowest BCUT2D eigenvalue weighted by Gasteiger charge is -2.09. The summed E-state index contributed by atoms with van der Waals surface area (Å²) < 4.78 is 7.09. The van der Waals surface area contributed by atoms with Crippen LogP contribution in [0.5, 0.6) is 11.8 Å². The number of nitrogens with two attached hydrogens (primary N) is 1. The van der Waals surface area contributed by atoms with Crippen LogP contribution >= 0.6 is 0 Å². The van der Waals surface area contributed by atoms with Crippen molar-refractivity contribution in [3.63, 3.8) is 0 Å². The van der Waals surface area contributed by atoms with Crippen molar-refractivity contribution in [1.29, 1.82) is 0 Å². The van der Waals surface area contributed by atoms with Crippen molar-refractivity contribution in [3.8, 4) is 17.7 Å². The van der Waals surface area contributed by atoms with Gasteiger partial charge in [0, 0.05) is 0 Å². The van der Waals surface area contributed by atoms with Crippen LogP contribution in [0.4, 0.5) is 5.95 Å². The number of aryl methyl sites for hydroxylation is 1. The lowest BCUT2D eigenvalue weighted by atomic mass is 10.1. The number of anilines is 1. The monoisotopic (exact) mass is 283 g/mol. The fourth-order valence-corrected chi connectivity index (χ4v) is 1.75. The van der Waals surface area contributed by atoms with Crippen molar-refractivity contribution in [3.05, 3.63) is 42.0 Å². The van der Waals surface area contributed by atoms with Crippen molar-refractivity contribution < 1.29 is 4.74 Å². The van der Waals surface area contributed by atoms with Gasteiger partial charge in [0.1, 0.15) is 18.4 Å². The summed E-state index contributed by atoms with van der Waals surface area (Å²) in [5.41, 5.74) is 7.81. The van der Waals surface area contributed by atoms with Crippen LogP contribution in [-0.2, 0) is 0 Å². The van der Waals surface area contributed by atoms with E-state index in [9.17, 15) is 0 Å². The molecule has 0 atom stereocenters. The maximum atomic E-state index is 5.71. The average molecular weight is 283 g/mol. The van der Waals surface area contributed by atoms with Gasteiger partial charge in [-0.2, -0.15) is 24.7 Å². The Balaban J connectivity index is 1.98. The first-order valence-electron chi connectivity index (χ1n) is 6.24. The molecule has 0 saturated carbocycles. The van der Waals surface area contributed by atoms with E-state index < -0.39 is 0 Å². The molecule has 0 aliphatic heterocycles. The Morgan fingerprint density at radius 2 is 2.00 bits per heavy atom. The van der Waals surface area contributed by atoms with E-state index in [0.717, 1.165) is 11.1 Å². The first-order chi connectivity index (χ1) is 10.1. The Morgan fingerprint density at radius 1 is 1.14 bits per heavy atom. The summed E-state index contributed by atoms with van der Waals surface area (Å²) >= 11 is 0. The molecule has 0 aliphatic carbocycles. The maximum Gasteiger partial charge on any atom is 0.328 e. The lowest BCUT2D eigenvalue weighted by molar-refractivity contribution is 0.435. The molecule has 0 bridgehead atoms. The maximum absolute atomic E-state index is 5.71. The second kappa shape index (κ2) is 5.16. The number of benzene rings is 1. The van der Waals surface area contributed by atoms with E-state index in [1.165, 1.54) is 17.3 Å². The first kappa shape index (κ1) is 13.0. The third kappa shape index (κ3) is 2.64. The highest BCUT2D eigenvalue weighted by atomic mass is 16.5. The standard InChI is InChI=1S/C13H13N7O/c1-8-4-3-5-10(9(8)2)21-13-18-11(14)17-12(19-13)20-7-15-6-16-20/h3-7H,1-2H3,(H2,14,17,18,19). The largest absolute Gasteiger partial charge is 0.424 e. The van der Waals surface area contributed by atoms with Gasteiger partial charge in [0.15, 0.2) is 0 Å². The third-order valence-electron chi connectivity index (χ3n) is 3.00. The Morgan fingerprint density at radius 3 is 2.76 bits per heavy atom. The van der Waals surface area contributed by atoms with Gasteiger partial charge in [0.2, 0.25) is 5.95 Å². The van der Waals surface area contributed by atoms with Crippen LogP contribution in [0.1, 0.15) is 11.1 Å². The van der Waals surface area contributed by atoms with E-state index in [4.69, 9.17) is 10.5 Å². The van der Waals surface area contributed by atoms with Gasteiger partial charge < -0.3 is 10.5 Å². The molecular formula is C13H13N7O. The van der Waals surface area contributed by atoms with E-state index in [1.54, 1.807) is 0 Å².